The zero-order valence-corrected chi connectivity index (χ0v) is 11.4. The number of hydrogen-bond acceptors (Lipinski definition) is 4. The Balaban J connectivity index is 1.78. The average molecular weight is 269 g/mol. The molecule has 2 bridgehead atoms. The maximum Gasteiger partial charge on any atom is 0.321 e. The van der Waals surface area contributed by atoms with Crippen molar-refractivity contribution in [1.29, 1.82) is 0 Å². The standard InChI is InChI=1S/C13H23N3O3/c1-2-5-14-13(19)15-12(18)8-16-9-3-4-10(16)7-11(17)6-9/h9-11,17H,2-8H2,1H3,(H2,14,15,18,19). The number of amides is 3. The van der Waals surface area contributed by atoms with Crippen molar-refractivity contribution in [2.24, 2.45) is 0 Å². The summed E-state index contributed by atoms with van der Waals surface area (Å²) in [4.78, 5) is 25.3. The quantitative estimate of drug-likeness (QED) is 0.681. The van der Waals surface area contributed by atoms with E-state index < -0.39 is 6.03 Å². The van der Waals surface area contributed by atoms with Crippen LogP contribution in [0.25, 0.3) is 0 Å². The molecule has 2 aliphatic rings. The molecular formula is C13H23N3O3. The van der Waals surface area contributed by atoms with Crippen LogP contribution in [0, 0.1) is 0 Å². The van der Waals surface area contributed by atoms with Crippen molar-refractivity contribution < 1.29 is 14.7 Å². The molecule has 0 saturated carbocycles. The summed E-state index contributed by atoms with van der Waals surface area (Å²) in [5.41, 5.74) is 0. The second-order valence-electron chi connectivity index (χ2n) is 5.49. The highest BCUT2D eigenvalue weighted by Gasteiger charge is 2.40. The number of carbonyl (C=O) groups is 2. The summed E-state index contributed by atoms with van der Waals surface area (Å²) in [7, 11) is 0. The third kappa shape index (κ3) is 3.67. The van der Waals surface area contributed by atoms with Crippen LogP contribution in [0.15, 0.2) is 0 Å². The number of aliphatic hydroxyl groups is 1. The van der Waals surface area contributed by atoms with Crippen LogP contribution in [-0.4, -0.2) is 53.2 Å². The number of nitrogens with zero attached hydrogens (tertiary/aromatic N) is 1. The number of hydrogen-bond donors (Lipinski definition) is 3. The Morgan fingerprint density at radius 2 is 1.89 bits per heavy atom. The Labute approximate surface area is 113 Å². The first kappa shape index (κ1) is 14.3. The van der Waals surface area contributed by atoms with Gasteiger partial charge in [0.2, 0.25) is 5.91 Å². The summed E-state index contributed by atoms with van der Waals surface area (Å²) in [5, 5.41) is 14.7. The lowest BCUT2D eigenvalue weighted by Crippen LogP contribution is -2.51. The van der Waals surface area contributed by atoms with Crippen molar-refractivity contribution in [1.82, 2.24) is 15.5 Å². The normalized spacial score (nSPS) is 30.1. The zero-order chi connectivity index (χ0) is 13.8. The highest BCUT2D eigenvalue weighted by molar-refractivity contribution is 5.95. The van der Waals surface area contributed by atoms with E-state index in [1.165, 1.54) is 0 Å². The smallest absolute Gasteiger partial charge is 0.321 e. The van der Waals surface area contributed by atoms with Crippen molar-refractivity contribution in [3.8, 4) is 0 Å². The number of urea groups is 1. The molecule has 0 spiro atoms. The Morgan fingerprint density at radius 3 is 2.47 bits per heavy atom. The SMILES string of the molecule is CCCNC(=O)NC(=O)CN1C2CCC1CC(O)C2. The van der Waals surface area contributed by atoms with Gasteiger partial charge >= 0.3 is 6.03 Å². The van der Waals surface area contributed by atoms with E-state index in [2.05, 4.69) is 15.5 Å². The molecule has 2 unspecified atom stereocenters. The van der Waals surface area contributed by atoms with Crippen molar-refractivity contribution in [2.45, 2.75) is 57.2 Å². The number of aliphatic hydroxyl groups excluding tert-OH is 1. The molecule has 2 fully saturated rings. The Kier molecular flexibility index (Phi) is 4.76. The Hall–Kier alpha value is -1.14. The molecule has 2 heterocycles. The molecule has 2 rings (SSSR count). The predicted molar refractivity (Wildman–Crippen MR) is 70.6 cm³/mol. The molecule has 0 radical (unpaired) electrons. The third-order valence-electron chi connectivity index (χ3n) is 3.97. The van der Waals surface area contributed by atoms with E-state index in [0.29, 0.717) is 18.6 Å². The number of nitrogens with one attached hydrogen (secondary N) is 2. The molecule has 6 nitrogen and oxygen atoms in total. The van der Waals surface area contributed by atoms with Crippen LogP contribution < -0.4 is 10.6 Å². The fourth-order valence-electron chi connectivity index (χ4n) is 3.12. The minimum Gasteiger partial charge on any atom is -0.393 e. The number of piperidine rings is 1. The first-order valence-corrected chi connectivity index (χ1v) is 7.11. The first-order chi connectivity index (χ1) is 9.10. The van der Waals surface area contributed by atoms with Gasteiger partial charge in [0, 0.05) is 18.6 Å². The van der Waals surface area contributed by atoms with Gasteiger partial charge in [-0.2, -0.15) is 0 Å². The zero-order valence-electron chi connectivity index (χ0n) is 11.4. The van der Waals surface area contributed by atoms with Gasteiger partial charge in [0.05, 0.1) is 12.6 Å². The highest BCUT2D eigenvalue weighted by atomic mass is 16.3. The van der Waals surface area contributed by atoms with E-state index in [1.54, 1.807) is 0 Å². The number of carbonyl (C=O) groups excluding carboxylic acids is 2. The van der Waals surface area contributed by atoms with Crippen molar-refractivity contribution in [2.75, 3.05) is 13.1 Å². The fourth-order valence-corrected chi connectivity index (χ4v) is 3.12. The van der Waals surface area contributed by atoms with E-state index in [-0.39, 0.29) is 18.6 Å². The maximum atomic E-state index is 11.8. The van der Waals surface area contributed by atoms with Crippen LogP contribution in [-0.2, 0) is 4.79 Å². The molecule has 3 N–H and O–H groups in total. The minimum absolute atomic E-state index is 0.232. The highest BCUT2D eigenvalue weighted by Crippen LogP contribution is 2.35. The van der Waals surface area contributed by atoms with Crippen LogP contribution in [0.3, 0.4) is 0 Å². The van der Waals surface area contributed by atoms with Gasteiger partial charge in [-0.3, -0.25) is 15.0 Å². The summed E-state index contributed by atoms with van der Waals surface area (Å²) < 4.78 is 0. The van der Waals surface area contributed by atoms with E-state index in [4.69, 9.17) is 0 Å². The van der Waals surface area contributed by atoms with E-state index in [9.17, 15) is 14.7 Å². The van der Waals surface area contributed by atoms with E-state index >= 15 is 0 Å². The maximum absolute atomic E-state index is 11.8. The molecule has 2 aliphatic heterocycles. The van der Waals surface area contributed by atoms with Gasteiger partial charge in [-0.25, -0.2) is 4.79 Å². The first-order valence-electron chi connectivity index (χ1n) is 7.11. The molecule has 0 aromatic heterocycles. The molecular weight excluding hydrogens is 246 g/mol. The lowest BCUT2D eigenvalue weighted by atomic mass is 10.00. The number of imide groups is 1. The number of rotatable bonds is 4. The second-order valence-corrected chi connectivity index (χ2v) is 5.49. The van der Waals surface area contributed by atoms with Crippen LogP contribution in [0.2, 0.25) is 0 Å². The van der Waals surface area contributed by atoms with Gasteiger partial charge in [0.25, 0.3) is 0 Å². The molecule has 2 saturated heterocycles. The molecule has 6 heteroatoms. The second kappa shape index (κ2) is 6.34. The van der Waals surface area contributed by atoms with Gasteiger partial charge in [0.1, 0.15) is 0 Å². The molecule has 19 heavy (non-hydrogen) atoms. The van der Waals surface area contributed by atoms with Gasteiger partial charge in [0.15, 0.2) is 0 Å². The summed E-state index contributed by atoms with van der Waals surface area (Å²) in [6.45, 7) is 2.78. The van der Waals surface area contributed by atoms with Gasteiger partial charge in [-0.1, -0.05) is 6.92 Å². The van der Waals surface area contributed by atoms with Crippen molar-refractivity contribution >= 4 is 11.9 Å². The fraction of sp³-hybridized carbons (Fsp3) is 0.846. The van der Waals surface area contributed by atoms with Crippen LogP contribution in [0.5, 0.6) is 0 Å². The third-order valence-corrected chi connectivity index (χ3v) is 3.97. The number of fused-ring (bicyclic) bond motifs is 2. The monoisotopic (exact) mass is 269 g/mol. The summed E-state index contributed by atoms with van der Waals surface area (Å²) >= 11 is 0. The molecule has 0 aromatic carbocycles. The van der Waals surface area contributed by atoms with E-state index in [1.807, 2.05) is 6.92 Å². The molecule has 2 atom stereocenters. The molecule has 108 valence electrons. The van der Waals surface area contributed by atoms with Gasteiger partial charge < -0.3 is 10.4 Å². The van der Waals surface area contributed by atoms with E-state index in [0.717, 1.165) is 32.1 Å². The van der Waals surface area contributed by atoms with Crippen molar-refractivity contribution in [3.05, 3.63) is 0 Å². The lowest BCUT2D eigenvalue weighted by molar-refractivity contribution is -0.122. The van der Waals surface area contributed by atoms with Gasteiger partial charge in [-0.05, 0) is 32.1 Å². The van der Waals surface area contributed by atoms with Crippen molar-refractivity contribution in [3.63, 3.8) is 0 Å². The van der Waals surface area contributed by atoms with Crippen LogP contribution >= 0.6 is 0 Å². The lowest BCUT2D eigenvalue weighted by Gasteiger charge is -2.36. The summed E-state index contributed by atoms with van der Waals surface area (Å²) in [6.07, 6.45) is 4.17. The topological polar surface area (TPSA) is 81.7 Å². The van der Waals surface area contributed by atoms with Gasteiger partial charge in [-0.15, -0.1) is 0 Å². The van der Waals surface area contributed by atoms with Crippen LogP contribution in [0.1, 0.15) is 39.0 Å². The predicted octanol–water partition coefficient (Wildman–Crippen LogP) is 0.210. The molecule has 0 aliphatic carbocycles. The summed E-state index contributed by atoms with van der Waals surface area (Å²) in [6, 6.07) is 0.160. The Morgan fingerprint density at radius 1 is 1.26 bits per heavy atom. The van der Waals surface area contributed by atoms with Crippen LogP contribution in [0.4, 0.5) is 4.79 Å². The average Bonchev–Trinajstić information content (AvgIpc) is 2.60. The minimum atomic E-state index is -0.420. The molecule has 3 amide bonds. The Bertz CT molecular complexity index is 334. The molecule has 0 aromatic rings. The summed E-state index contributed by atoms with van der Waals surface area (Å²) in [5.74, 6) is -0.262. The largest absolute Gasteiger partial charge is 0.393 e.